The van der Waals surface area contributed by atoms with Gasteiger partial charge in [-0.15, -0.1) is 0 Å². The van der Waals surface area contributed by atoms with Crippen molar-refractivity contribution in [1.29, 1.82) is 5.41 Å². The number of nitrogen functional groups attached to an aromatic ring is 1. The number of amidine groups is 1. The van der Waals surface area contributed by atoms with Crippen LogP contribution in [-0.4, -0.2) is 17.4 Å². The van der Waals surface area contributed by atoms with Crippen molar-refractivity contribution >= 4 is 5.84 Å². The lowest BCUT2D eigenvalue weighted by molar-refractivity contribution is 0.292. The maximum absolute atomic E-state index is 7.69. The molecule has 1 aromatic heterocycles. The van der Waals surface area contributed by atoms with Gasteiger partial charge in [-0.2, -0.15) is 0 Å². The van der Waals surface area contributed by atoms with Gasteiger partial charge in [0.15, 0.2) is 0 Å². The van der Waals surface area contributed by atoms with Gasteiger partial charge in [0.1, 0.15) is 5.84 Å². The second-order valence-electron chi connectivity index (χ2n) is 5.83. The second-order valence-corrected chi connectivity index (χ2v) is 5.83. The summed E-state index contributed by atoms with van der Waals surface area (Å²) in [5.74, 6) is 0.604. The molecule has 1 aliphatic carbocycles. The van der Waals surface area contributed by atoms with Crippen LogP contribution in [0.15, 0.2) is 6.07 Å². The summed E-state index contributed by atoms with van der Waals surface area (Å²) in [6, 6.07) is 1.99. The largest absolute Gasteiger partial charge is 0.477 e. The molecule has 1 aromatic rings. The van der Waals surface area contributed by atoms with Crippen molar-refractivity contribution in [3.63, 3.8) is 0 Å². The van der Waals surface area contributed by atoms with Gasteiger partial charge in [-0.05, 0) is 37.3 Å². The Morgan fingerprint density at radius 3 is 2.76 bits per heavy atom. The van der Waals surface area contributed by atoms with Crippen LogP contribution in [0.3, 0.4) is 0 Å². The van der Waals surface area contributed by atoms with Crippen LogP contribution in [0.1, 0.15) is 68.7 Å². The molecule has 2 rings (SSSR count). The number of aromatic nitrogens is 1. The number of ether oxygens (including phenoxy) is 1. The van der Waals surface area contributed by atoms with E-state index in [9.17, 15) is 0 Å². The summed E-state index contributed by atoms with van der Waals surface area (Å²) in [6.07, 6.45) is 10.6. The molecular weight excluding hydrogens is 262 g/mol. The fourth-order valence-corrected chi connectivity index (χ4v) is 2.81. The van der Waals surface area contributed by atoms with Crippen LogP contribution in [0.2, 0.25) is 0 Å². The fourth-order valence-electron chi connectivity index (χ4n) is 2.81. The molecule has 0 atom stereocenters. The number of rotatable bonds is 9. The number of aryl methyl sites for hydroxylation is 2. The van der Waals surface area contributed by atoms with Gasteiger partial charge in [0.25, 0.3) is 0 Å². The Hall–Kier alpha value is -1.58. The Kier molecular flexibility index (Phi) is 6.03. The molecule has 0 spiro atoms. The van der Waals surface area contributed by atoms with E-state index in [-0.39, 0.29) is 5.84 Å². The highest BCUT2D eigenvalue weighted by Crippen LogP contribution is 2.26. The van der Waals surface area contributed by atoms with Crippen LogP contribution in [0.25, 0.3) is 0 Å². The quantitative estimate of drug-likeness (QED) is 0.414. The van der Waals surface area contributed by atoms with Crippen LogP contribution in [0.4, 0.5) is 0 Å². The molecule has 4 nitrogen and oxygen atoms in total. The van der Waals surface area contributed by atoms with Gasteiger partial charge in [-0.1, -0.05) is 39.0 Å². The summed E-state index contributed by atoms with van der Waals surface area (Å²) >= 11 is 0. The Bertz CT molecular complexity index is 485. The van der Waals surface area contributed by atoms with E-state index < -0.39 is 0 Å². The molecule has 1 heterocycles. The minimum absolute atomic E-state index is 0.0511. The fraction of sp³-hybridized carbons (Fsp3) is 0.647. The first-order chi connectivity index (χ1) is 10.2. The van der Waals surface area contributed by atoms with E-state index in [0.29, 0.717) is 18.1 Å². The van der Waals surface area contributed by atoms with Crippen molar-refractivity contribution in [3.8, 4) is 5.88 Å². The molecule has 1 aliphatic rings. The number of hydrogen-bond donors (Lipinski definition) is 2. The lowest BCUT2D eigenvalue weighted by atomic mass is 10.1. The number of unbranched alkanes of at least 4 members (excludes halogenated alkanes) is 5. The number of nitrogens with zero attached hydrogens (tertiary/aromatic N) is 1. The minimum Gasteiger partial charge on any atom is -0.477 e. The SMILES string of the molecule is CCCCCCCCOc1nc2c(cc1C(=N)N)CCC2. The predicted octanol–water partition coefficient (Wildman–Crippen LogP) is 3.59. The molecule has 0 unspecified atom stereocenters. The van der Waals surface area contributed by atoms with E-state index >= 15 is 0 Å². The van der Waals surface area contributed by atoms with Crippen LogP contribution in [0.5, 0.6) is 5.88 Å². The van der Waals surface area contributed by atoms with E-state index in [0.717, 1.165) is 31.4 Å². The molecule has 4 heteroatoms. The van der Waals surface area contributed by atoms with Crippen molar-refractivity contribution < 1.29 is 4.74 Å². The highest BCUT2D eigenvalue weighted by atomic mass is 16.5. The summed E-state index contributed by atoms with van der Waals surface area (Å²) in [4.78, 5) is 4.58. The van der Waals surface area contributed by atoms with E-state index in [1.807, 2.05) is 6.07 Å². The molecule has 0 aliphatic heterocycles. The van der Waals surface area contributed by atoms with Gasteiger partial charge in [-0.25, -0.2) is 4.98 Å². The second kappa shape index (κ2) is 8.01. The molecule has 0 radical (unpaired) electrons. The summed E-state index contributed by atoms with van der Waals surface area (Å²) in [6.45, 7) is 2.89. The van der Waals surface area contributed by atoms with Crippen LogP contribution < -0.4 is 10.5 Å². The molecule has 116 valence electrons. The molecule has 0 aromatic carbocycles. The van der Waals surface area contributed by atoms with Crippen molar-refractivity contribution in [2.75, 3.05) is 6.61 Å². The zero-order chi connectivity index (χ0) is 15.1. The van der Waals surface area contributed by atoms with Gasteiger partial charge < -0.3 is 10.5 Å². The molecular formula is C17H27N3O. The summed E-state index contributed by atoms with van der Waals surface area (Å²) < 4.78 is 5.80. The first-order valence-corrected chi connectivity index (χ1v) is 8.22. The lowest BCUT2D eigenvalue weighted by Gasteiger charge is -2.12. The van der Waals surface area contributed by atoms with Gasteiger partial charge >= 0.3 is 0 Å². The first-order valence-electron chi connectivity index (χ1n) is 8.22. The van der Waals surface area contributed by atoms with Gasteiger partial charge in [-0.3, -0.25) is 5.41 Å². The zero-order valence-electron chi connectivity index (χ0n) is 13.1. The molecule has 0 amide bonds. The number of nitrogens with one attached hydrogen (secondary N) is 1. The predicted molar refractivity (Wildman–Crippen MR) is 86.1 cm³/mol. The summed E-state index contributed by atoms with van der Waals surface area (Å²) in [7, 11) is 0. The summed E-state index contributed by atoms with van der Waals surface area (Å²) in [5, 5.41) is 7.69. The molecule has 0 bridgehead atoms. The first kappa shape index (κ1) is 15.8. The van der Waals surface area contributed by atoms with Gasteiger partial charge in [0, 0.05) is 5.69 Å². The minimum atomic E-state index is 0.0511. The highest BCUT2D eigenvalue weighted by molar-refractivity contribution is 5.97. The number of pyridine rings is 1. The standard InChI is InChI=1S/C17H27N3O/c1-2-3-4-5-6-7-11-21-17-14(16(18)19)12-13-9-8-10-15(13)20-17/h12H,2-11H2,1H3,(H3,18,19). The van der Waals surface area contributed by atoms with Crippen molar-refractivity contribution in [3.05, 3.63) is 22.9 Å². The molecule has 0 saturated heterocycles. The molecule has 0 saturated carbocycles. The van der Waals surface area contributed by atoms with Crippen molar-refractivity contribution in [2.45, 2.75) is 64.7 Å². The van der Waals surface area contributed by atoms with E-state index in [2.05, 4.69) is 11.9 Å². The van der Waals surface area contributed by atoms with Crippen LogP contribution in [-0.2, 0) is 12.8 Å². The Morgan fingerprint density at radius 1 is 1.24 bits per heavy atom. The monoisotopic (exact) mass is 289 g/mol. The molecule has 0 fully saturated rings. The zero-order valence-corrected chi connectivity index (χ0v) is 13.1. The Morgan fingerprint density at radius 2 is 2.00 bits per heavy atom. The smallest absolute Gasteiger partial charge is 0.224 e. The van der Waals surface area contributed by atoms with Crippen molar-refractivity contribution in [2.24, 2.45) is 5.73 Å². The average molecular weight is 289 g/mol. The van der Waals surface area contributed by atoms with Crippen LogP contribution in [0, 0.1) is 5.41 Å². The maximum atomic E-state index is 7.69. The topological polar surface area (TPSA) is 72.0 Å². The van der Waals surface area contributed by atoms with Gasteiger partial charge in [0.2, 0.25) is 5.88 Å². The number of nitrogens with two attached hydrogens (primary N) is 1. The number of fused-ring (bicyclic) bond motifs is 1. The third-order valence-electron chi connectivity index (χ3n) is 4.04. The third-order valence-corrected chi connectivity index (χ3v) is 4.04. The molecule has 3 N–H and O–H groups in total. The van der Waals surface area contributed by atoms with Crippen molar-refractivity contribution in [1.82, 2.24) is 4.98 Å². The number of hydrogen-bond acceptors (Lipinski definition) is 3. The normalized spacial score (nSPS) is 13.2. The van der Waals surface area contributed by atoms with Gasteiger partial charge in [0.05, 0.1) is 12.2 Å². The Labute approximate surface area is 127 Å². The van der Waals surface area contributed by atoms with E-state index in [1.54, 1.807) is 0 Å². The molecule has 21 heavy (non-hydrogen) atoms. The highest BCUT2D eigenvalue weighted by Gasteiger charge is 2.18. The van der Waals surface area contributed by atoms with E-state index in [4.69, 9.17) is 15.9 Å². The lowest BCUT2D eigenvalue weighted by Crippen LogP contribution is -2.15. The third kappa shape index (κ3) is 4.45. The summed E-state index contributed by atoms with van der Waals surface area (Å²) in [5.41, 5.74) is 8.66. The maximum Gasteiger partial charge on any atom is 0.224 e. The average Bonchev–Trinajstić information content (AvgIpc) is 2.92. The van der Waals surface area contributed by atoms with E-state index in [1.165, 1.54) is 37.7 Å². The van der Waals surface area contributed by atoms with Crippen LogP contribution >= 0.6 is 0 Å². The Balaban J connectivity index is 1.86.